The van der Waals surface area contributed by atoms with Crippen LogP contribution in [0, 0.1) is 0 Å². The maximum atomic E-state index is 12.9. The molecule has 0 radical (unpaired) electrons. The van der Waals surface area contributed by atoms with Crippen molar-refractivity contribution in [3.63, 3.8) is 0 Å². The van der Waals surface area contributed by atoms with Crippen molar-refractivity contribution in [1.29, 1.82) is 0 Å². The molecule has 2 atom stereocenters. The zero-order chi connectivity index (χ0) is 59.8. The summed E-state index contributed by atoms with van der Waals surface area (Å²) in [5.41, 5.74) is 0. The van der Waals surface area contributed by atoms with Crippen molar-refractivity contribution in [1.82, 2.24) is 0 Å². The van der Waals surface area contributed by atoms with E-state index in [1.54, 1.807) is 0 Å². The molecule has 2 unspecified atom stereocenters. The second kappa shape index (κ2) is 62.0. The summed E-state index contributed by atoms with van der Waals surface area (Å²) in [5, 5.41) is 11.8. The molecular formula is C73H117NO8. The van der Waals surface area contributed by atoms with E-state index in [0.29, 0.717) is 17.4 Å². The van der Waals surface area contributed by atoms with Crippen molar-refractivity contribution in [2.24, 2.45) is 0 Å². The van der Waals surface area contributed by atoms with Gasteiger partial charge in [-0.05, 0) is 128 Å². The molecule has 9 nitrogen and oxygen atoms in total. The maximum Gasteiger partial charge on any atom is 0.306 e. The summed E-state index contributed by atoms with van der Waals surface area (Å²) in [7, 11) is 5.89. The molecule has 0 fully saturated rings. The van der Waals surface area contributed by atoms with Gasteiger partial charge in [0.1, 0.15) is 13.2 Å². The van der Waals surface area contributed by atoms with Gasteiger partial charge in [0, 0.05) is 12.8 Å². The average molecular weight is 1140 g/mol. The van der Waals surface area contributed by atoms with Gasteiger partial charge >= 0.3 is 11.9 Å². The lowest BCUT2D eigenvalue weighted by Gasteiger charge is -2.26. The Labute approximate surface area is 502 Å². The predicted molar refractivity (Wildman–Crippen MR) is 347 cm³/mol. The Bertz CT molecular complexity index is 1900. The SMILES string of the molecule is CC/C=C\C/C=C\C/C=C\C/C=C\C/C=C\C/C=C\C/C=C\C/C=C\C/C=C\C/C=C\C/C=C\C/C=C\CCCCC(=O)OC(COC(=O)CCCCCCCCC/C=C\CCCCCCCCC)COC(OCC[N+](C)(C)C)C(=O)[O-]. The van der Waals surface area contributed by atoms with Crippen LogP contribution in [0.3, 0.4) is 0 Å². The van der Waals surface area contributed by atoms with Crippen LogP contribution in [-0.4, -0.2) is 82.3 Å². The number of hydrogen-bond acceptors (Lipinski definition) is 8. The number of nitrogens with zero attached hydrogens (tertiary/aromatic N) is 1. The molecule has 0 spiro atoms. The highest BCUT2D eigenvalue weighted by Gasteiger charge is 2.22. The topological polar surface area (TPSA) is 111 Å². The Balaban J connectivity index is 4.31. The lowest BCUT2D eigenvalue weighted by atomic mass is 10.1. The molecule has 9 heteroatoms. The normalized spacial score (nSPS) is 13.8. The van der Waals surface area contributed by atoms with Crippen LogP contribution < -0.4 is 5.11 Å². The first-order chi connectivity index (χ1) is 40.1. The molecule has 82 heavy (non-hydrogen) atoms. The van der Waals surface area contributed by atoms with Crippen LogP contribution in [0.2, 0.25) is 0 Å². The van der Waals surface area contributed by atoms with Gasteiger partial charge in [0.2, 0.25) is 0 Å². The fourth-order valence-electron chi connectivity index (χ4n) is 8.10. The van der Waals surface area contributed by atoms with E-state index in [1.165, 1.54) is 70.6 Å². The molecule has 0 amide bonds. The highest BCUT2D eigenvalue weighted by molar-refractivity contribution is 5.70. The predicted octanol–water partition coefficient (Wildman–Crippen LogP) is 18.4. The molecule has 0 N–H and O–H groups in total. The third-order valence-electron chi connectivity index (χ3n) is 13.0. The average Bonchev–Trinajstić information content (AvgIpc) is 3.45. The summed E-state index contributed by atoms with van der Waals surface area (Å²) in [4.78, 5) is 37.3. The maximum absolute atomic E-state index is 12.9. The zero-order valence-electron chi connectivity index (χ0n) is 52.5. The minimum atomic E-state index is -1.64. The third-order valence-corrected chi connectivity index (χ3v) is 13.0. The van der Waals surface area contributed by atoms with Gasteiger partial charge in [0.05, 0.1) is 40.3 Å². The minimum Gasteiger partial charge on any atom is -0.545 e. The van der Waals surface area contributed by atoms with Crippen molar-refractivity contribution >= 4 is 17.9 Å². The van der Waals surface area contributed by atoms with Crippen molar-refractivity contribution in [3.8, 4) is 0 Å². The number of aliphatic carboxylic acids is 1. The Morgan fingerprint density at radius 3 is 1.07 bits per heavy atom. The Kier molecular flexibility index (Phi) is 58.1. The summed E-state index contributed by atoms with van der Waals surface area (Å²) in [6.45, 7) is 4.56. The van der Waals surface area contributed by atoms with Crippen LogP contribution in [0.25, 0.3) is 0 Å². The first-order valence-electron chi connectivity index (χ1n) is 32.1. The van der Waals surface area contributed by atoms with Crippen LogP contribution in [0.5, 0.6) is 0 Å². The van der Waals surface area contributed by atoms with Gasteiger partial charge < -0.3 is 33.3 Å². The Morgan fingerprint density at radius 1 is 0.378 bits per heavy atom. The van der Waals surface area contributed by atoms with E-state index in [2.05, 4.69) is 172 Å². The number of quaternary nitrogens is 1. The summed E-state index contributed by atoms with van der Waals surface area (Å²) in [6.07, 6.45) is 88.8. The van der Waals surface area contributed by atoms with Crippen LogP contribution in [0.15, 0.2) is 158 Å². The first kappa shape index (κ1) is 76.9. The quantitative estimate of drug-likeness (QED) is 0.0195. The largest absolute Gasteiger partial charge is 0.545 e. The fourth-order valence-corrected chi connectivity index (χ4v) is 8.10. The van der Waals surface area contributed by atoms with Crippen molar-refractivity contribution in [2.45, 2.75) is 238 Å². The molecular weight excluding hydrogens is 1020 g/mol. The molecule has 0 saturated carbocycles. The molecule has 0 aliphatic heterocycles. The van der Waals surface area contributed by atoms with E-state index in [4.69, 9.17) is 18.9 Å². The monoisotopic (exact) mass is 1140 g/mol. The zero-order valence-corrected chi connectivity index (χ0v) is 52.5. The van der Waals surface area contributed by atoms with E-state index in [-0.39, 0.29) is 38.6 Å². The van der Waals surface area contributed by atoms with Gasteiger partial charge in [-0.1, -0.05) is 242 Å². The number of ether oxygens (including phenoxy) is 4. The molecule has 0 saturated heterocycles. The van der Waals surface area contributed by atoms with Gasteiger partial charge in [0.15, 0.2) is 12.4 Å². The number of likely N-dealkylation sites (N-methyl/N-ethyl adjacent to an activating group) is 1. The minimum absolute atomic E-state index is 0.130. The van der Waals surface area contributed by atoms with Crippen molar-refractivity contribution in [3.05, 3.63) is 158 Å². The molecule has 0 rings (SSSR count). The number of rotatable bonds is 57. The number of allylic oxidation sites excluding steroid dienone is 26. The number of esters is 2. The van der Waals surface area contributed by atoms with Gasteiger partial charge in [-0.15, -0.1) is 0 Å². The van der Waals surface area contributed by atoms with Gasteiger partial charge in [-0.3, -0.25) is 9.59 Å². The molecule has 0 aromatic heterocycles. The molecule has 462 valence electrons. The molecule has 0 bridgehead atoms. The molecule has 0 aromatic rings. The van der Waals surface area contributed by atoms with E-state index in [0.717, 1.165) is 122 Å². The number of carbonyl (C=O) groups is 3. The van der Waals surface area contributed by atoms with Crippen LogP contribution in [0.1, 0.15) is 226 Å². The lowest BCUT2D eigenvalue weighted by Crippen LogP contribution is -2.44. The molecule has 0 heterocycles. The smallest absolute Gasteiger partial charge is 0.306 e. The second-order valence-electron chi connectivity index (χ2n) is 22.0. The van der Waals surface area contributed by atoms with E-state index < -0.39 is 24.3 Å². The van der Waals surface area contributed by atoms with E-state index in [1.807, 2.05) is 21.1 Å². The summed E-state index contributed by atoms with van der Waals surface area (Å²) >= 11 is 0. The highest BCUT2D eigenvalue weighted by Crippen LogP contribution is 2.14. The molecule has 0 aliphatic carbocycles. The number of carboxylic acids is 1. The number of carboxylic acid groups (broad SMARTS) is 1. The first-order valence-corrected chi connectivity index (χ1v) is 32.1. The molecule has 0 aromatic carbocycles. The lowest BCUT2D eigenvalue weighted by molar-refractivity contribution is -0.870. The number of unbranched alkanes of at least 4 members (excludes halogenated alkanes) is 16. The van der Waals surface area contributed by atoms with Crippen molar-refractivity contribution in [2.75, 3.05) is 47.5 Å². The van der Waals surface area contributed by atoms with Crippen LogP contribution in [-0.2, 0) is 33.3 Å². The van der Waals surface area contributed by atoms with Gasteiger partial charge in [0.25, 0.3) is 0 Å². The summed E-state index contributed by atoms with van der Waals surface area (Å²) in [6, 6.07) is 0. The second-order valence-corrected chi connectivity index (χ2v) is 22.0. The fraction of sp³-hybridized carbons (Fsp3) is 0.603. The Hall–Kier alpha value is -5.09. The highest BCUT2D eigenvalue weighted by atomic mass is 16.7. The summed E-state index contributed by atoms with van der Waals surface area (Å²) in [5.74, 6) is -2.37. The third kappa shape index (κ3) is 62.5. The van der Waals surface area contributed by atoms with E-state index >= 15 is 0 Å². The van der Waals surface area contributed by atoms with Crippen LogP contribution >= 0.6 is 0 Å². The van der Waals surface area contributed by atoms with Crippen molar-refractivity contribution < 1.29 is 42.9 Å². The van der Waals surface area contributed by atoms with Crippen LogP contribution in [0.4, 0.5) is 0 Å². The summed E-state index contributed by atoms with van der Waals surface area (Å²) < 4.78 is 22.6. The number of hydrogen-bond donors (Lipinski definition) is 0. The Morgan fingerprint density at radius 2 is 0.695 bits per heavy atom. The standard InChI is InChI=1S/C73H117NO8/c1-6-8-10-12-14-16-18-20-22-24-26-27-28-29-30-31-32-33-34-35-36-37-38-39-40-41-42-43-44-45-46-48-50-52-54-56-58-60-62-64-71(76)82-69(68-81-73(72(77)78)79-66-65-74(3,4)5)67-80-70(75)63-61-59-57-55-53-51-49-47-25-23-21-19-17-15-13-11-9-7-2/h8,10,14,16,20,22-23,25-27,29-30,32-33,35-36,38-39,41-42,44-45,48,50,54,56,69,73H,6-7,9,11-13,15,17-19,21,24,28,31,34,37,40,43,46-47,49,51-53,55,57-68H2,1-5H3/b10-8-,16-14-,22-20-,25-23-,27-26-,30-29-,33-32-,36-35-,39-38-,42-41-,45-44-,50-48-,56-54-. The van der Waals surface area contributed by atoms with Gasteiger partial charge in [-0.2, -0.15) is 0 Å². The number of carbonyl (C=O) groups excluding carboxylic acids is 3. The van der Waals surface area contributed by atoms with E-state index in [9.17, 15) is 19.5 Å². The van der Waals surface area contributed by atoms with Gasteiger partial charge in [-0.25, -0.2) is 0 Å². The molecule has 0 aliphatic rings.